The first-order valence-electron chi connectivity index (χ1n) is 8.22. The van der Waals surface area contributed by atoms with E-state index < -0.39 is 0 Å². The highest BCUT2D eigenvalue weighted by atomic mass is 32.1. The maximum Gasteiger partial charge on any atom is 0.263 e. The Balaban J connectivity index is 1.45. The van der Waals surface area contributed by atoms with Gasteiger partial charge < -0.3 is 14.8 Å². The van der Waals surface area contributed by atoms with E-state index in [0.717, 1.165) is 17.7 Å². The second-order valence-electron chi connectivity index (χ2n) is 6.21. The molecule has 2 amide bonds. The fraction of sp³-hybridized carbons (Fsp3) is 0.471. The number of hydrogen-bond donors (Lipinski definition) is 1. The van der Waals surface area contributed by atoms with Crippen LogP contribution in [0.25, 0.3) is 0 Å². The lowest BCUT2D eigenvalue weighted by Crippen LogP contribution is -2.45. The zero-order chi connectivity index (χ0) is 16.9. The number of carbonyl (C=O) groups excluding carboxylic acids is 2. The molecule has 1 atom stereocenters. The van der Waals surface area contributed by atoms with Gasteiger partial charge in [0.25, 0.3) is 5.91 Å². The maximum atomic E-state index is 12.4. The number of piperidine rings is 1. The van der Waals surface area contributed by atoms with Gasteiger partial charge in [-0.3, -0.25) is 9.59 Å². The predicted octanol–water partition coefficient (Wildman–Crippen LogP) is 2.00. The molecule has 0 unspecified atom stereocenters. The van der Waals surface area contributed by atoms with Crippen molar-refractivity contribution in [3.63, 3.8) is 0 Å². The molecule has 3 heterocycles. The summed E-state index contributed by atoms with van der Waals surface area (Å²) in [5.74, 6) is 0.158. The van der Waals surface area contributed by atoms with Crippen LogP contribution in [0.2, 0.25) is 0 Å². The summed E-state index contributed by atoms with van der Waals surface area (Å²) in [7, 11) is 0. The Bertz CT molecular complexity index is 661. The average molecular weight is 346 g/mol. The van der Waals surface area contributed by atoms with E-state index in [2.05, 4.69) is 10.3 Å². The van der Waals surface area contributed by atoms with Crippen molar-refractivity contribution in [2.24, 2.45) is 5.92 Å². The molecule has 2 aromatic rings. The zero-order valence-corrected chi connectivity index (χ0v) is 14.5. The van der Waals surface area contributed by atoms with Crippen LogP contribution >= 0.6 is 11.3 Å². The molecule has 1 aliphatic heterocycles. The van der Waals surface area contributed by atoms with Gasteiger partial charge in [-0.2, -0.15) is 0 Å². The highest BCUT2D eigenvalue weighted by Gasteiger charge is 2.28. The SMILES string of the molecule is C[C@@H](Cn1ccnc1)NC(=O)C1CCN(C(=O)c2cccs2)CC1. The van der Waals surface area contributed by atoms with Crippen LogP contribution in [0.15, 0.2) is 36.2 Å². The molecule has 1 N–H and O–H groups in total. The Kier molecular flexibility index (Phi) is 5.30. The molecule has 0 saturated carbocycles. The number of thiophene rings is 1. The number of hydrogen-bond acceptors (Lipinski definition) is 4. The summed E-state index contributed by atoms with van der Waals surface area (Å²) in [4.78, 5) is 31.4. The summed E-state index contributed by atoms with van der Waals surface area (Å²) >= 11 is 1.46. The third kappa shape index (κ3) is 4.03. The largest absolute Gasteiger partial charge is 0.352 e. The normalized spacial score (nSPS) is 16.8. The fourth-order valence-corrected chi connectivity index (χ4v) is 3.71. The van der Waals surface area contributed by atoms with E-state index in [1.807, 2.05) is 40.1 Å². The third-order valence-corrected chi connectivity index (χ3v) is 5.18. The number of nitrogens with one attached hydrogen (secondary N) is 1. The monoisotopic (exact) mass is 346 g/mol. The third-order valence-electron chi connectivity index (χ3n) is 4.32. The number of rotatable bonds is 5. The van der Waals surface area contributed by atoms with Crippen LogP contribution in [0.3, 0.4) is 0 Å². The Labute approximate surface area is 145 Å². The van der Waals surface area contributed by atoms with Gasteiger partial charge >= 0.3 is 0 Å². The molecule has 0 aliphatic carbocycles. The molecule has 0 aromatic carbocycles. The number of aromatic nitrogens is 2. The van der Waals surface area contributed by atoms with Gasteiger partial charge in [0.2, 0.25) is 5.91 Å². The first kappa shape index (κ1) is 16.7. The summed E-state index contributed by atoms with van der Waals surface area (Å²) in [6.45, 7) is 3.99. The lowest BCUT2D eigenvalue weighted by molar-refractivity contribution is -0.127. The summed E-state index contributed by atoms with van der Waals surface area (Å²) in [6, 6.07) is 3.79. The Morgan fingerprint density at radius 2 is 2.21 bits per heavy atom. The fourth-order valence-electron chi connectivity index (χ4n) is 3.02. The zero-order valence-electron chi connectivity index (χ0n) is 13.7. The van der Waals surface area contributed by atoms with Crippen LogP contribution in [0.1, 0.15) is 29.4 Å². The lowest BCUT2D eigenvalue weighted by atomic mass is 9.95. The van der Waals surface area contributed by atoms with Gasteiger partial charge in [0.15, 0.2) is 0 Å². The minimum absolute atomic E-state index is 0.0115. The van der Waals surface area contributed by atoms with Crippen molar-refractivity contribution in [3.05, 3.63) is 41.1 Å². The summed E-state index contributed by atoms with van der Waals surface area (Å²) < 4.78 is 1.95. The molecule has 7 heteroatoms. The molecule has 6 nitrogen and oxygen atoms in total. The first-order valence-corrected chi connectivity index (χ1v) is 9.10. The van der Waals surface area contributed by atoms with Gasteiger partial charge in [-0.25, -0.2) is 4.98 Å². The standard InChI is InChI=1S/C17H22N4O2S/c1-13(11-20-9-6-18-12-20)19-16(22)14-4-7-21(8-5-14)17(23)15-3-2-10-24-15/h2-3,6,9-10,12-14H,4-5,7-8,11H2,1H3,(H,19,22)/t13-/m0/s1. The lowest BCUT2D eigenvalue weighted by Gasteiger charge is -2.31. The Morgan fingerprint density at radius 1 is 1.42 bits per heavy atom. The maximum absolute atomic E-state index is 12.4. The molecule has 0 bridgehead atoms. The van der Waals surface area contributed by atoms with Crippen LogP contribution in [-0.2, 0) is 11.3 Å². The van der Waals surface area contributed by atoms with Gasteiger partial charge in [0, 0.05) is 44.0 Å². The second-order valence-corrected chi connectivity index (χ2v) is 7.16. The smallest absolute Gasteiger partial charge is 0.263 e. The highest BCUT2D eigenvalue weighted by Crippen LogP contribution is 2.21. The highest BCUT2D eigenvalue weighted by molar-refractivity contribution is 7.12. The van der Waals surface area contributed by atoms with Crippen LogP contribution in [-0.4, -0.2) is 45.4 Å². The quantitative estimate of drug-likeness (QED) is 0.900. The van der Waals surface area contributed by atoms with E-state index in [9.17, 15) is 9.59 Å². The van der Waals surface area contributed by atoms with Gasteiger partial charge in [-0.05, 0) is 31.2 Å². The van der Waals surface area contributed by atoms with Crippen molar-refractivity contribution in [2.45, 2.75) is 32.4 Å². The van der Waals surface area contributed by atoms with Crippen molar-refractivity contribution < 1.29 is 9.59 Å². The molecular weight excluding hydrogens is 324 g/mol. The van der Waals surface area contributed by atoms with Gasteiger partial charge in [-0.1, -0.05) is 6.07 Å². The molecule has 0 radical (unpaired) electrons. The van der Waals surface area contributed by atoms with Crippen LogP contribution in [0.5, 0.6) is 0 Å². The van der Waals surface area contributed by atoms with Crippen molar-refractivity contribution in [1.29, 1.82) is 0 Å². The summed E-state index contributed by atoms with van der Waals surface area (Å²) in [5, 5.41) is 4.98. The molecular formula is C17H22N4O2S. The Morgan fingerprint density at radius 3 is 2.83 bits per heavy atom. The molecule has 128 valence electrons. The van der Waals surface area contributed by atoms with E-state index in [-0.39, 0.29) is 23.8 Å². The Hall–Kier alpha value is -2.15. The van der Waals surface area contributed by atoms with Crippen LogP contribution < -0.4 is 5.32 Å². The molecule has 1 fully saturated rings. The summed E-state index contributed by atoms with van der Waals surface area (Å²) in [5.41, 5.74) is 0. The number of nitrogens with zero attached hydrogens (tertiary/aromatic N) is 3. The average Bonchev–Trinajstić information content (AvgIpc) is 3.27. The van der Waals surface area contributed by atoms with Crippen LogP contribution in [0.4, 0.5) is 0 Å². The van der Waals surface area contributed by atoms with Gasteiger partial charge in [0.1, 0.15) is 0 Å². The number of likely N-dealkylation sites (tertiary alicyclic amines) is 1. The second kappa shape index (κ2) is 7.61. The van der Waals surface area contributed by atoms with Gasteiger partial charge in [0.05, 0.1) is 11.2 Å². The minimum Gasteiger partial charge on any atom is -0.352 e. The van der Waals surface area contributed by atoms with Crippen LogP contribution in [0, 0.1) is 5.92 Å². The molecule has 24 heavy (non-hydrogen) atoms. The van der Waals surface area contributed by atoms with E-state index in [1.54, 1.807) is 12.5 Å². The molecule has 1 saturated heterocycles. The van der Waals surface area contributed by atoms with Crippen molar-refractivity contribution in [2.75, 3.05) is 13.1 Å². The number of imidazole rings is 1. The number of amides is 2. The topological polar surface area (TPSA) is 67.2 Å². The van der Waals surface area contributed by atoms with Crippen molar-refractivity contribution in [3.8, 4) is 0 Å². The van der Waals surface area contributed by atoms with E-state index in [0.29, 0.717) is 19.6 Å². The minimum atomic E-state index is -0.0115. The van der Waals surface area contributed by atoms with Crippen molar-refractivity contribution >= 4 is 23.2 Å². The van der Waals surface area contributed by atoms with Crippen molar-refractivity contribution in [1.82, 2.24) is 19.8 Å². The van der Waals surface area contributed by atoms with Gasteiger partial charge in [-0.15, -0.1) is 11.3 Å². The van der Waals surface area contributed by atoms with E-state index in [4.69, 9.17) is 0 Å². The molecule has 2 aromatic heterocycles. The number of carbonyl (C=O) groups is 2. The molecule has 1 aliphatic rings. The first-order chi connectivity index (χ1) is 11.6. The van der Waals surface area contributed by atoms with E-state index >= 15 is 0 Å². The molecule has 3 rings (SSSR count). The molecule has 0 spiro atoms. The van der Waals surface area contributed by atoms with E-state index in [1.165, 1.54) is 11.3 Å². The summed E-state index contributed by atoms with van der Waals surface area (Å²) in [6.07, 6.45) is 6.81. The predicted molar refractivity (Wildman–Crippen MR) is 92.8 cm³/mol.